The number of nitrogens with one attached hydrogen (secondary N) is 2. The Morgan fingerprint density at radius 1 is 0.349 bits per heavy atom. The van der Waals surface area contributed by atoms with Crippen LogP contribution in [0.2, 0.25) is 0 Å². The van der Waals surface area contributed by atoms with Crippen molar-refractivity contribution in [2.75, 3.05) is 9.44 Å². The van der Waals surface area contributed by atoms with E-state index in [0.717, 1.165) is 40.5 Å². The van der Waals surface area contributed by atoms with Gasteiger partial charge in [0.25, 0.3) is 0 Å². The molecule has 0 fully saturated rings. The fourth-order valence-electron chi connectivity index (χ4n) is 6.13. The molecule has 13 heteroatoms. The first-order valence-electron chi connectivity index (χ1n) is 19.6. The first kappa shape index (κ1) is 44.8. The number of hydrogen-bond acceptors (Lipinski definition) is 8. The van der Waals surface area contributed by atoms with Gasteiger partial charge in [0.15, 0.2) is 0 Å². The minimum absolute atomic E-state index is 0.000846. The number of hydrogen-bond donors (Lipinski definition) is 2. The van der Waals surface area contributed by atoms with Crippen LogP contribution in [0.4, 0.5) is 11.4 Å². The minimum Gasteiger partial charge on any atom is -0.0580 e. The van der Waals surface area contributed by atoms with Crippen LogP contribution in [0.25, 0.3) is 0 Å². The average Bonchev–Trinajstić information content (AvgIpc) is 3.28. The molecule has 8 rings (SSSR count). The van der Waals surface area contributed by atoms with Gasteiger partial charge in [0.2, 0.25) is 0 Å². The smallest absolute Gasteiger partial charge is 0.0414 e. The third-order valence-electron chi connectivity index (χ3n) is 9.39. The fourth-order valence-corrected chi connectivity index (χ4v) is 14.9. The topological polar surface area (TPSA) is 92.3 Å². The Morgan fingerprint density at radius 3 is 1.00 bits per heavy atom. The third kappa shape index (κ3) is 11.9. The molecule has 0 bridgehead atoms. The molecule has 0 unspecified atom stereocenters. The van der Waals surface area contributed by atoms with E-state index in [2.05, 4.69) is 94.4 Å². The quantitative estimate of drug-likeness (QED) is 0.0925. The maximum absolute atomic E-state index is 13.0. The summed E-state index contributed by atoms with van der Waals surface area (Å²) in [4.78, 5) is 9.36. The number of aryl methyl sites for hydroxylation is 2. The molecule has 0 atom stereocenters. The van der Waals surface area contributed by atoms with Crippen molar-refractivity contribution in [1.82, 2.24) is 0 Å². The molecular weight excluding hydrogens is 964 g/mol. The maximum atomic E-state index is 13.0. The van der Waals surface area contributed by atoms with Gasteiger partial charge in [-0.3, -0.25) is 0 Å². The van der Waals surface area contributed by atoms with E-state index in [9.17, 15) is 16.8 Å². The summed E-state index contributed by atoms with van der Waals surface area (Å²) < 4.78 is 59.8. The van der Waals surface area contributed by atoms with Gasteiger partial charge in [-0.1, -0.05) is 35.4 Å². The Morgan fingerprint density at radius 2 is 0.651 bits per heavy atom. The van der Waals surface area contributed by atoms with Crippen LogP contribution in [0.1, 0.15) is 11.1 Å². The van der Waals surface area contributed by atoms with Crippen molar-refractivity contribution < 1.29 is 16.8 Å². The molecule has 0 radical (unpaired) electrons. The molecule has 0 saturated heterocycles. The molecule has 0 saturated carbocycles. The van der Waals surface area contributed by atoms with Gasteiger partial charge in [-0.15, -0.1) is 0 Å². The first-order valence-corrected chi connectivity index (χ1v) is 27.6. The van der Waals surface area contributed by atoms with E-state index in [-0.39, 0.29) is 24.7 Å². The number of rotatable bonds is 16. The van der Waals surface area contributed by atoms with Crippen LogP contribution < -0.4 is 18.4 Å². The SMILES string of the molecule is Cc1ccc(S(=O)(=O)Nc2ccc(Sc3ccccc3Sc3ccccc3[Se]c3ccccc3Sc3ccccc3Sc3ccc(NS(=O)(=O)c4ccc(C)cc4)cc3)cc2)cc1. The summed E-state index contributed by atoms with van der Waals surface area (Å²) >= 11 is 6.82. The maximum Gasteiger partial charge on any atom is -0.0414 e. The zero-order valence-electron chi connectivity index (χ0n) is 34.0. The second-order valence-corrected chi connectivity index (χ2v) is 24.2. The number of anilines is 2. The number of benzene rings is 8. The fraction of sp³-hybridized carbons (Fsp3) is 0.0400. The molecule has 6 nitrogen and oxygen atoms in total. The van der Waals surface area contributed by atoms with Crippen molar-refractivity contribution in [2.45, 2.75) is 62.8 Å². The molecule has 0 aliphatic heterocycles. The Hall–Kier alpha value is -4.82. The monoisotopic (exact) mass is 1000 g/mol. The van der Waals surface area contributed by atoms with Crippen LogP contribution in [0.5, 0.6) is 0 Å². The predicted molar refractivity (Wildman–Crippen MR) is 264 cm³/mol. The molecule has 0 spiro atoms. The Kier molecular flexibility index (Phi) is 14.5. The van der Waals surface area contributed by atoms with Gasteiger partial charge >= 0.3 is 297 Å². The second-order valence-electron chi connectivity index (χ2n) is 14.2. The van der Waals surface area contributed by atoms with Crippen LogP contribution in [0.3, 0.4) is 0 Å². The van der Waals surface area contributed by atoms with Crippen LogP contribution >= 0.6 is 47.0 Å². The molecule has 8 aromatic rings. The Bertz CT molecular complexity index is 2870. The Balaban J connectivity index is 0.941. The molecule has 0 amide bonds. The van der Waals surface area contributed by atoms with E-state index in [1.54, 1.807) is 120 Å². The molecule has 63 heavy (non-hydrogen) atoms. The van der Waals surface area contributed by atoms with Crippen LogP contribution in [0, 0.1) is 13.8 Å². The molecule has 2 N–H and O–H groups in total. The summed E-state index contributed by atoms with van der Waals surface area (Å²) in [5.41, 5.74) is 3.02. The largest absolute Gasteiger partial charge is 0.0580 e. The summed E-state index contributed by atoms with van der Waals surface area (Å²) in [6.45, 7) is 3.85. The molecule has 316 valence electrons. The molecule has 0 aromatic heterocycles. The molecular formula is C50H40N2O4S6Se. The Labute approximate surface area is 393 Å². The van der Waals surface area contributed by atoms with Crippen LogP contribution in [-0.4, -0.2) is 31.8 Å². The summed E-state index contributed by atoms with van der Waals surface area (Å²) in [5.74, 6) is 0. The average molecular weight is 1000 g/mol. The van der Waals surface area contributed by atoms with Crippen molar-refractivity contribution in [3.05, 3.63) is 205 Å². The van der Waals surface area contributed by atoms with Crippen molar-refractivity contribution >= 4 is 102 Å². The van der Waals surface area contributed by atoms with Gasteiger partial charge in [0, 0.05) is 0 Å². The van der Waals surface area contributed by atoms with Crippen molar-refractivity contribution in [2.24, 2.45) is 0 Å². The third-order valence-corrected chi connectivity index (χ3v) is 19.9. The van der Waals surface area contributed by atoms with Crippen molar-refractivity contribution in [3.8, 4) is 0 Å². The first-order chi connectivity index (χ1) is 30.5. The normalized spacial score (nSPS) is 11.6. The minimum atomic E-state index is -3.69. The molecule has 0 aliphatic carbocycles. The van der Waals surface area contributed by atoms with E-state index in [0.29, 0.717) is 11.4 Å². The van der Waals surface area contributed by atoms with Gasteiger partial charge in [0.1, 0.15) is 0 Å². The van der Waals surface area contributed by atoms with E-state index < -0.39 is 20.0 Å². The van der Waals surface area contributed by atoms with Crippen molar-refractivity contribution in [3.63, 3.8) is 0 Å². The summed E-state index contributed by atoms with van der Waals surface area (Å²) in [6.07, 6.45) is 0. The van der Waals surface area contributed by atoms with E-state index in [1.165, 1.54) is 18.7 Å². The van der Waals surface area contributed by atoms with E-state index in [4.69, 9.17) is 0 Å². The van der Waals surface area contributed by atoms with E-state index >= 15 is 0 Å². The summed E-state index contributed by atoms with van der Waals surface area (Å²) in [7, 11) is -7.39. The van der Waals surface area contributed by atoms with Gasteiger partial charge in [-0.2, -0.15) is 0 Å². The second kappa shape index (κ2) is 20.3. The summed E-state index contributed by atoms with van der Waals surface area (Å²) in [6, 6.07) is 62.6. The van der Waals surface area contributed by atoms with Gasteiger partial charge in [-0.25, -0.2) is 16.8 Å². The zero-order valence-corrected chi connectivity index (χ0v) is 40.6. The molecule has 8 aromatic carbocycles. The standard InChI is InChI=1S/C50H40N2O4S6Se/c1-35-19-31-41(32-20-35)61(53,54)51-37-23-27-39(28-24-37)57-43-11-3-5-13-45(43)59-47-15-7-9-17-49(47)63-50-18-10-8-16-48(50)60-46-14-6-4-12-44(46)58-40-29-25-38(26-30-40)52-62(55,56)42-33-21-36(2)22-34-42/h3-34,51-52H,1-2H3. The van der Waals surface area contributed by atoms with Crippen LogP contribution in [-0.2, 0) is 20.0 Å². The van der Waals surface area contributed by atoms with Crippen LogP contribution in [0.15, 0.2) is 243 Å². The van der Waals surface area contributed by atoms with Gasteiger partial charge in [-0.05, 0) is 38.1 Å². The van der Waals surface area contributed by atoms with Gasteiger partial charge in [0.05, 0.1) is 9.79 Å². The van der Waals surface area contributed by atoms with Gasteiger partial charge < -0.3 is 0 Å². The van der Waals surface area contributed by atoms with Crippen molar-refractivity contribution in [1.29, 1.82) is 0 Å². The molecule has 0 aliphatic rings. The number of sulfonamides is 2. The zero-order chi connectivity index (χ0) is 43.8. The summed E-state index contributed by atoms with van der Waals surface area (Å²) in [5, 5.41) is 0. The predicted octanol–water partition coefficient (Wildman–Crippen LogP) is 12.2. The van der Waals surface area contributed by atoms with E-state index in [1.807, 2.05) is 50.2 Å². The molecule has 0 heterocycles.